The summed E-state index contributed by atoms with van der Waals surface area (Å²) < 4.78 is 0. The molecule has 4 N–H and O–H groups in total. The molecule has 18 heavy (non-hydrogen) atoms. The third-order valence-corrected chi connectivity index (χ3v) is 3.00. The molecule has 5 nitrogen and oxygen atoms in total. The van der Waals surface area contributed by atoms with E-state index in [2.05, 4.69) is 5.32 Å². The van der Waals surface area contributed by atoms with Crippen molar-refractivity contribution in [3.63, 3.8) is 0 Å². The maximum Gasteiger partial charge on any atom is 0.304 e. The smallest absolute Gasteiger partial charge is 0.304 e. The lowest BCUT2D eigenvalue weighted by atomic mass is 9.97. The summed E-state index contributed by atoms with van der Waals surface area (Å²) in [5.41, 5.74) is 8.71. The molecule has 96 valence electrons. The van der Waals surface area contributed by atoms with Gasteiger partial charge in [0.15, 0.2) is 0 Å². The largest absolute Gasteiger partial charge is 0.481 e. The maximum absolute atomic E-state index is 11.2. The van der Waals surface area contributed by atoms with Gasteiger partial charge in [0, 0.05) is 18.2 Å². The Morgan fingerprint density at radius 3 is 2.94 bits per heavy atom. The number of anilines is 1. The van der Waals surface area contributed by atoms with Crippen LogP contribution in [-0.2, 0) is 22.4 Å². The molecule has 1 aromatic carbocycles. The zero-order valence-electron chi connectivity index (χ0n) is 9.98. The Kier molecular flexibility index (Phi) is 3.62. The van der Waals surface area contributed by atoms with E-state index >= 15 is 0 Å². The molecule has 1 amide bonds. The van der Waals surface area contributed by atoms with Crippen LogP contribution in [0.15, 0.2) is 18.2 Å². The van der Waals surface area contributed by atoms with Crippen molar-refractivity contribution in [2.45, 2.75) is 31.7 Å². The van der Waals surface area contributed by atoms with E-state index in [0.717, 1.165) is 23.2 Å². The minimum atomic E-state index is -0.882. The Bertz CT molecular complexity index is 485. The van der Waals surface area contributed by atoms with Gasteiger partial charge in [0.05, 0.1) is 6.42 Å². The predicted octanol–water partition coefficient (Wildman–Crippen LogP) is 0.916. The minimum absolute atomic E-state index is 0.0339. The van der Waals surface area contributed by atoms with Gasteiger partial charge in [-0.05, 0) is 30.0 Å². The van der Waals surface area contributed by atoms with Gasteiger partial charge in [0.2, 0.25) is 5.91 Å². The summed E-state index contributed by atoms with van der Waals surface area (Å²) >= 11 is 0. The van der Waals surface area contributed by atoms with E-state index in [4.69, 9.17) is 10.8 Å². The molecule has 1 aliphatic heterocycles. The van der Waals surface area contributed by atoms with Crippen LogP contribution in [0.1, 0.15) is 24.0 Å². The summed E-state index contributed by atoms with van der Waals surface area (Å²) in [6, 6.07) is 5.36. The van der Waals surface area contributed by atoms with Crippen molar-refractivity contribution in [2.75, 3.05) is 5.32 Å². The van der Waals surface area contributed by atoms with E-state index in [1.807, 2.05) is 18.2 Å². The van der Waals surface area contributed by atoms with Crippen LogP contribution in [-0.4, -0.2) is 23.0 Å². The second kappa shape index (κ2) is 5.18. The predicted molar refractivity (Wildman–Crippen MR) is 67.3 cm³/mol. The fourth-order valence-electron chi connectivity index (χ4n) is 2.16. The van der Waals surface area contributed by atoms with Gasteiger partial charge in [-0.3, -0.25) is 9.59 Å². The lowest BCUT2D eigenvalue weighted by molar-refractivity contribution is -0.137. The number of aryl methyl sites for hydroxylation is 1. The molecule has 0 bridgehead atoms. The summed E-state index contributed by atoms with van der Waals surface area (Å²) in [6.45, 7) is 0. The van der Waals surface area contributed by atoms with E-state index in [-0.39, 0.29) is 18.4 Å². The summed E-state index contributed by atoms with van der Waals surface area (Å²) in [7, 11) is 0. The second-order valence-electron chi connectivity index (χ2n) is 4.60. The van der Waals surface area contributed by atoms with Crippen molar-refractivity contribution in [1.82, 2.24) is 0 Å². The molecule has 1 unspecified atom stereocenters. The van der Waals surface area contributed by atoms with Gasteiger partial charge in [-0.2, -0.15) is 0 Å². The lowest BCUT2D eigenvalue weighted by Gasteiger charge is -2.18. The molecule has 0 radical (unpaired) electrons. The van der Waals surface area contributed by atoms with Gasteiger partial charge in [-0.15, -0.1) is 0 Å². The van der Waals surface area contributed by atoms with E-state index in [1.54, 1.807) is 0 Å². The number of carbonyl (C=O) groups is 2. The Labute approximate surface area is 105 Å². The van der Waals surface area contributed by atoms with Crippen molar-refractivity contribution in [2.24, 2.45) is 5.73 Å². The number of fused-ring (bicyclic) bond motifs is 1. The summed E-state index contributed by atoms with van der Waals surface area (Å²) in [5, 5.41) is 11.5. The SMILES string of the molecule is NC(CC(=O)O)Cc1ccc2c(c1)CCC(=O)N2. The molecule has 1 aliphatic rings. The van der Waals surface area contributed by atoms with Crippen molar-refractivity contribution in [1.29, 1.82) is 0 Å². The number of carboxylic acids is 1. The molecule has 0 fully saturated rings. The Balaban J connectivity index is 2.07. The van der Waals surface area contributed by atoms with Crippen LogP contribution in [0.5, 0.6) is 0 Å². The molecule has 0 saturated heterocycles. The summed E-state index contributed by atoms with van der Waals surface area (Å²) in [5.74, 6) is -0.842. The number of hydrogen-bond acceptors (Lipinski definition) is 3. The van der Waals surface area contributed by atoms with Gasteiger partial charge in [-0.25, -0.2) is 0 Å². The standard InChI is InChI=1S/C13H16N2O3/c14-10(7-13(17)18)6-8-1-3-11-9(5-8)2-4-12(16)15-11/h1,3,5,10H,2,4,6-7,14H2,(H,15,16)(H,17,18). The van der Waals surface area contributed by atoms with Crippen molar-refractivity contribution in [3.05, 3.63) is 29.3 Å². The fourth-order valence-corrected chi connectivity index (χ4v) is 2.16. The lowest BCUT2D eigenvalue weighted by Crippen LogP contribution is -2.26. The number of carbonyl (C=O) groups excluding carboxylic acids is 1. The monoisotopic (exact) mass is 248 g/mol. The van der Waals surface area contributed by atoms with Gasteiger partial charge >= 0.3 is 5.97 Å². The first-order chi connectivity index (χ1) is 8.54. The minimum Gasteiger partial charge on any atom is -0.481 e. The average Bonchev–Trinajstić information content (AvgIpc) is 2.28. The Morgan fingerprint density at radius 2 is 2.22 bits per heavy atom. The molecular formula is C13H16N2O3. The van der Waals surface area contributed by atoms with E-state index in [9.17, 15) is 9.59 Å². The molecule has 1 atom stereocenters. The van der Waals surface area contributed by atoms with Crippen LogP contribution in [0.25, 0.3) is 0 Å². The topological polar surface area (TPSA) is 92.4 Å². The number of nitrogens with two attached hydrogens (primary N) is 1. The van der Waals surface area contributed by atoms with Crippen LogP contribution in [0, 0.1) is 0 Å². The molecule has 0 saturated carbocycles. The van der Waals surface area contributed by atoms with Gasteiger partial charge < -0.3 is 16.2 Å². The molecule has 0 aromatic heterocycles. The maximum atomic E-state index is 11.2. The van der Waals surface area contributed by atoms with Crippen LogP contribution in [0.3, 0.4) is 0 Å². The first kappa shape index (κ1) is 12.6. The second-order valence-corrected chi connectivity index (χ2v) is 4.60. The fraction of sp³-hybridized carbons (Fsp3) is 0.385. The van der Waals surface area contributed by atoms with Gasteiger partial charge in [0.25, 0.3) is 0 Å². The molecule has 5 heteroatoms. The third kappa shape index (κ3) is 3.07. The quantitative estimate of drug-likeness (QED) is 0.738. The highest BCUT2D eigenvalue weighted by Gasteiger charge is 2.16. The zero-order valence-corrected chi connectivity index (χ0v) is 9.98. The number of benzene rings is 1. The number of hydrogen-bond donors (Lipinski definition) is 3. The third-order valence-electron chi connectivity index (χ3n) is 3.00. The Morgan fingerprint density at radius 1 is 1.44 bits per heavy atom. The van der Waals surface area contributed by atoms with Gasteiger partial charge in [0.1, 0.15) is 0 Å². The number of nitrogens with one attached hydrogen (secondary N) is 1. The normalized spacial score (nSPS) is 15.7. The highest BCUT2D eigenvalue weighted by atomic mass is 16.4. The summed E-state index contributed by atoms with van der Waals surface area (Å²) in [4.78, 5) is 21.8. The summed E-state index contributed by atoms with van der Waals surface area (Å²) in [6.07, 6.45) is 1.72. The average molecular weight is 248 g/mol. The van der Waals surface area contributed by atoms with Crippen molar-refractivity contribution < 1.29 is 14.7 Å². The first-order valence-electron chi connectivity index (χ1n) is 5.93. The van der Waals surface area contributed by atoms with Crippen molar-refractivity contribution >= 4 is 17.6 Å². The molecule has 0 aliphatic carbocycles. The molecule has 1 heterocycles. The number of carboxylic acid groups (broad SMARTS) is 1. The van der Waals surface area contributed by atoms with Crippen LogP contribution < -0.4 is 11.1 Å². The zero-order chi connectivity index (χ0) is 13.1. The molecule has 1 aromatic rings. The van der Waals surface area contributed by atoms with E-state index in [0.29, 0.717) is 12.8 Å². The Hall–Kier alpha value is -1.88. The number of rotatable bonds is 4. The van der Waals surface area contributed by atoms with Crippen molar-refractivity contribution in [3.8, 4) is 0 Å². The van der Waals surface area contributed by atoms with E-state index < -0.39 is 5.97 Å². The van der Waals surface area contributed by atoms with Gasteiger partial charge in [-0.1, -0.05) is 12.1 Å². The molecule has 0 spiro atoms. The van der Waals surface area contributed by atoms with Crippen LogP contribution in [0.4, 0.5) is 5.69 Å². The highest BCUT2D eigenvalue weighted by molar-refractivity contribution is 5.93. The first-order valence-corrected chi connectivity index (χ1v) is 5.93. The number of aliphatic carboxylic acids is 1. The van der Waals surface area contributed by atoms with E-state index in [1.165, 1.54) is 0 Å². The molecular weight excluding hydrogens is 232 g/mol. The molecule has 2 rings (SSSR count). The van der Waals surface area contributed by atoms with Crippen LogP contribution >= 0.6 is 0 Å². The number of amides is 1. The highest BCUT2D eigenvalue weighted by Crippen LogP contribution is 2.24. The van der Waals surface area contributed by atoms with Crippen LogP contribution in [0.2, 0.25) is 0 Å².